The summed E-state index contributed by atoms with van der Waals surface area (Å²) in [5, 5.41) is 48.6. The molecule has 0 amide bonds. The average Bonchev–Trinajstić information content (AvgIpc) is 3.79. The predicted octanol–water partition coefficient (Wildman–Crippen LogP) is 5.24. The third-order valence-corrected chi connectivity index (χ3v) is 19.6. The van der Waals surface area contributed by atoms with Crippen molar-refractivity contribution in [3.8, 4) is 0 Å². The van der Waals surface area contributed by atoms with Crippen molar-refractivity contribution in [3.05, 3.63) is 53.6 Å². The van der Waals surface area contributed by atoms with Gasteiger partial charge in [-0.1, -0.05) is 48.9 Å². The standard InChI is InChI=1S/C58H86O19/c1-31-50(61)39(65-8)26-47(69-31)75-52-33(3)71-49(28-41(52)67-10)77-53-34(4)72-48(29-42(53)68-11)76-51-32(2)70-46(27-40(51)66-9)73-38-20-21-54(6)37(25-38)19-22-57(63)43(54)30-44(74-45(60)18-17-36-15-13-12-14-16-36)55(7)56(62,35(5)59)23-24-58(55,57)64/h12-19,31-34,38-44,46-53,61-64H,20-30H2,1-11H3/t31-,32+,33+,34-,38-,39+,40-,41-,42-,43-,44+,46-,47-,48-,49-,50-,51+,52+,53+,54-,55+,56+,57-,58+/m0/s1. The van der Waals surface area contributed by atoms with Gasteiger partial charge in [-0.15, -0.1) is 0 Å². The summed E-state index contributed by atoms with van der Waals surface area (Å²) >= 11 is 0. The molecule has 0 radical (unpaired) electrons. The molecule has 19 heteroatoms. The molecule has 1 aromatic carbocycles. The molecule has 0 unspecified atom stereocenters. The van der Waals surface area contributed by atoms with Gasteiger partial charge in [0.05, 0.1) is 60.4 Å². The van der Waals surface area contributed by atoms with E-state index in [1.165, 1.54) is 13.0 Å². The first-order valence-corrected chi connectivity index (χ1v) is 27.9. The zero-order valence-electron chi connectivity index (χ0n) is 46.8. The van der Waals surface area contributed by atoms with Crippen LogP contribution in [0.15, 0.2) is 48.1 Å². The van der Waals surface area contributed by atoms with Gasteiger partial charge >= 0.3 is 5.97 Å². The third-order valence-electron chi connectivity index (χ3n) is 19.6. The van der Waals surface area contributed by atoms with Gasteiger partial charge in [0.2, 0.25) is 0 Å². The smallest absolute Gasteiger partial charge is 0.331 e. The molecule has 9 rings (SSSR count). The van der Waals surface area contributed by atoms with E-state index in [9.17, 15) is 30.0 Å². The zero-order chi connectivity index (χ0) is 55.4. The molecule has 4 heterocycles. The Bertz CT molecular complexity index is 2270. The van der Waals surface area contributed by atoms with Crippen LogP contribution >= 0.6 is 0 Å². The topological polar surface area (TPSA) is 235 Å². The Kier molecular flexibility index (Phi) is 17.7. The van der Waals surface area contributed by atoms with E-state index < -0.39 is 144 Å². The van der Waals surface area contributed by atoms with Crippen molar-refractivity contribution in [2.75, 3.05) is 28.4 Å². The van der Waals surface area contributed by atoms with Crippen molar-refractivity contribution in [1.82, 2.24) is 0 Å². The van der Waals surface area contributed by atoms with Crippen LogP contribution in [0.1, 0.15) is 125 Å². The molecular formula is C58H86O19. The number of aliphatic hydroxyl groups is 4. The normalized spacial score (nSPS) is 48.1. The Labute approximate surface area is 453 Å². The van der Waals surface area contributed by atoms with E-state index in [4.69, 9.17) is 61.6 Å². The molecule has 4 aliphatic carbocycles. The maximum Gasteiger partial charge on any atom is 0.331 e. The molecule has 8 aliphatic rings. The first kappa shape index (κ1) is 58.8. The maximum atomic E-state index is 13.6. The number of hydrogen-bond donors (Lipinski definition) is 4. The molecule has 77 heavy (non-hydrogen) atoms. The largest absolute Gasteiger partial charge is 0.458 e. The van der Waals surface area contributed by atoms with Crippen LogP contribution in [-0.4, -0.2) is 188 Å². The Balaban J connectivity index is 0.809. The highest BCUT2D eigenvalue weighted by molar-refractivity contribution is 5.88. The Morgan fingerprint density at radius 2 is 1.14 bits per heavy atom. The molecule has 4 saturated heterocycles. The molecule has 4 aliphatic heterocycles. The molecule has 432 valence electrons. The van der Waals surface area contributed by atoms with Gasteiger partial charge < -0.3 is 82.0 Å². The van der Waals surface area contributed by atoms with E-state index in [1.54, 1.807) is 48.4 Å². The van der Waals surface area contributed by atoms with E-state index >= 15 is 0 Å². The summed E-state index contributed by atoms with van der Waals surface area (Å²) in [6.07, 6.45) is -1.19. The van der Waals surface area contributed by atoms with Gasteiger partial charge in [0.15, 0.2) is 30.9 Å². The minimum atomic E-state index is -2.05. The first-order chi connectivity index (χ1) is 36.6. The Hall–Kier alpha value is -2.80. The van der Waals surface area contributed by atoms with E-state index in [0.717, 1.165) is 11.1 Å². The number of Topliss-reactive ketones (excluding diaryl/α,β-unsaturated/α-hetero) is 1. The maximum absolute atomic E-state index is 13.6. The minimum Gasteiger partial charge on any atom is -0.458 e. The Morgan fingerprint density at radius 3 is 1.65 bits per heavy atom. The molecular weight excluding hydrogens is 1000 g/mol. The molecule has 0 aromatic heterocycles. The van der Waals surface area contributed by atoms with Crippen LogP contribution in [0.2, 0.25) is 0 Å². The van der Waals surface area contributed by atoms with Gasteiger partial charge in [0, 0.05) is 66.1 Å². The second-order valence-electron chi connectivity index (χ2n) is 23.6. The monoisotopic (exact) mass is 1090 g/mol. The molecule has 19 nitrogen and oxygen atoms in total. The SMILES string of the molecule is CO[C@H]1C[C@H](O[C@H]2[C@@H](OC)C[C@H](O[C@H]3CC[C@@]4(C)C(=CC[C@]5(O)[C@H]4C[C@@H](OC(=O)C=Cc4ccccc4)[C@@]4(C)[C@]5(O)CC[C@@]4(O)C(C)=O)C3)O[C@@H]2C)O[C@@H](C)[C@H]1O[C@H]1C[C@H](OC)[C@H](O[C@H]2C[C@@H](OC)[C@@H](O)[C@H](C)O2)[C@@H](C)O1. The molecule has 3 saturated carbocycles. The van der Waals surface area contributed by atoms with E-state index in [2.05, 4.69) is 6.92 Å². The van der Waals surface area contributed by atoms with Gasteiger partial charge in [-0.3, -0.25) is 4.79 Å². The van der Waals surface area contributed by atoms with Crippen molar-refractivity contribution in [2.24, 2.45) is 16.7 Å². The number of methoxy groups -OCH3 is 4. The second kappa shape index (κ2) is 23.2. The zero-order valence-corrected chi connectivity index (χ0v) is 46.8. The van der Waals surface area contributed by atoms with Gasteiger partial charge in [0.25, 0.3) is 0 Å². The number of ketones is 1. The van der Waals surface area contributed by atoms with Crippen LogP contribution in [0.4, 0.5) is 0 Å². The fourth-order valence-electron chi connectivity index (χ4n) is 15.0. The fraction of sp³-hybridized carbons (Fsp3) is 0.793. The number of ether oxygens (including phenoxy) is 13. The molecule has 1 aromatic rings. The lowest BCUT2D eigenvalue weighted by atomic mass is 9.42. The number of hydrogen-bond acceptors (Lipinski definition) is 19. The lowest BCUT2D eigenvalue weighted by Crippen LogP contribution is -2.78. The van der Waals surface area contributed by atoms with E-state index in [0.29, 0.717) is 44.9 Å². The molecule has 0 bridgehead atoms. The van der Waals surface area contributed by atoms with Gasteiger partial charge in [-0.2, -0.15) is 0 Å². The summed E-state index contributed by atoms with van der Waals surface area (Å²) in [7, 11) is 6.48. The number of benzene rings is 1. The third kappa shape index (κ3) is 10.7. The van der Waals surface area contributed by atoms with Crippen molar-refractivity contribution in [3.63, 3.8) is 0 Å². The minimum absolute atomic E-state index is 0.0493. The number of aliphatic hydroxyl groups excluding tert-OH is 1. The van der Waals surface area contributed by atoms with Crippen LogP contribution in [0.5, 0.6) is 0 Å². The van der Waals surface area contributed by atoms with Gasteiger partial charge in [-0.25, -0.2) is 4.79 Å². The van der Waals surface area contributed by atoms with Crippen LogP contribution in [0.25, 0.3) is 6.08 Å². The van der Waals surface area contributed by atoms with Gasteiger partial charge in [-0.05, 0) is 104 Å². The lowest BCUT2D eigenvalue weighted by Gasteiger charge is -2.67. The van der Waals surface area contributed by atoms with E-state index in [-0.39, 0.29) is 37.9 Å². The number of carbonyl (C=O) groups is 2. The summed E-state index contributed by atoms with van der Waals surface area (Å²) < 4.78 is 81.6. The van der Waals surface area contributed by atoms with Crippen molar-refractivity contribution >= 4 is 17.8 Å². The number of carbonyl (C=O) groups excluding carboxylic acids is 2. The highest BCUT2D eigenvalue weighted by Crippen LogP contribution is 2.71. The first-order valence-electron chi connectivity index (χ1n) is 27.9. The summed E-state index contributed by atoms with van der Waals surface area (Å²) in [6, 6.07) is 9.30. The van der Waals surface area contributed by atoms with Crippen molar-refractivity contribution < 1.29 is 91.6 Å². The highest BCUT2D eigenvalue weighted by atomic mass is 16.8. The van der Waals surface area contributed by atoms with Crippen LogP contribution in [-0.2, 0) is 71.2 Å². The molecule has 0 spiro atoms. The van der Waals surface area contributed by atoms with Crippen LogP contribution in [0, 0.1) is 16.7 Å². The summed E-state index contributed by atoms with van der Waals surface area (Å²) in [6.45, 7) is 12.5. The Morgan fingerprint density at radius 1 is 0.649 bits per heavy atom. The second-order valence-corrected chi connectivity index (χ2v) is 23.6. The van der Waals surface area contributed by atoms with Crippen LogP contribution in [0.3, 0.4) is 0 Å². The van der Waals surface area contributed by atoms with Gasteiger partial charge in [0.1, 0.15) is 47.3 Å². The molecule has 24 atom stereocenters. The van der Waals surface area contributed by atoms with E-state index in [1.807, 2.05) is 57.2 Å². The molecule has 4 N–H and O–H groups in total. The predicted molar refractivity (Wildman–Crippen MR) is 275 cm³/mol. The van der Waals surface area contributed by atoms with Crippen molar-refractivity contribution in [2.45, 2.75) is 247 Å². The summed E-state index contributed by atoms with van der Waals surface area (Å²) in [5.74, 6) is -1.80. The summed E-state index contributed by atoms with van der Waals surface area (Å²) in [5.41, 5.74) is -6.24. The molecule has 7 fully saturated rings. The highest BCUT2D eigenvalue weighted by Gasteiger charge is 2.81. The number of rotatable bonds is 16. The van der Waals surface area contributed by atoms with Crippen molar-refractivity contribution in [1.29, 1.82) is 0 Å². The quantitative estimate of drug-likeness (QED) is 0.0942. The number of fused-ring (bicyclic) bond motifs is 5. The summed E-state index contributed by atoms with van der Waals surface area (Å²) in [4.78, 5) is 27.0. The fourth-order valence-corrected chi connectivity index (χ4v) is 15.0. The van der Waals surface area contributed by atoms with Crippen LogP contribution < -0.4 is 0 Å². The lowest BCUT2D eigenvalue weighted by molar-refractivity contribution is -0.347. The average molecular weight is 1090 g/mol. The number of esters is 1.